The van der Waals surface area contributed by atoms with Crippen LogP contribution in [0.2, 0.25) is 0 Å². The van der Waals surface area contributed by atoms with E-state index in [0.717, 1.165) is 25.2 Å². The van der Waals surface area contributed by atoms with Crippen molar-refractivity contribution < 1.29 is 14.3 Å². The molecule has 0 aromatic heterocycles. The maximum Gasteiger partial charge on any atom is 0.220 e. The minimum Gasteiger partial charge on any atom is -0.497 e. The molecular weight excluding hydrogens is 338 g/mol. The summed E-state index contributed by atoms with van der Waals surface area (Å²) in [6.07, 6.45) is 5.12. The fraction of sp³-hybridized carbons (Fsp3) is 0.696. The van der Waals surface area contributed by atoms with Crippen LogP contribution >= 0.6 is 0 Å². The number of nitrogens with one attached hydrogen (secondary N) is 1. The van der Waals surface area contributed by atoms with Gasteiger partial charge < -0.3 is 14.8 Å². The summed E-state index contributed by atoms with van der Waals surface area (Å²) in [7, 11) is 1.70. The van der Waals surface area contributed by atoms with Crippen LogP contribution in [0.4, 0.5) is 0 Å². The zero-order valence-corrected chi connectivity index (χ0v) is 17.1. The Hall–Kier alpha value is -1.55. The van der Waals surface area contributed by atoms with Gasteiger partial charge in [-0.25, -0.2) is 0 Å². The quantitative estimate of drug-likeness (QED) is 0.829. The van der Waals surface area contributed by atoms with Crippen LogP contribution in [0.15, 0.2) is 24.3 Å². The van der Waals surface area contributed by atoms with Gasteiger partial charge in [-0.2, -0.15) is 0 Å². The van der Waals surface area contributed by atoms with Gasteiger partial charge in [-0.1, -0.05) is 32.9 Å². The molecule has 1 heterocycles. The van der Waals surface area contributed by atoms with Crippen molar-refractivity contribution in [1.82, 2.24) is 5.32 Å². The summed E-state index contributed by atoms with van der Waals surface area (Å²) in [5.74, 6) is 2.22. The van der Waals surface area contributed by atoms with Gasteiger partial charge in [0, 0.05) is 19.1 Å². The lowest BCUT2D eigenvalue weighted by molar-refractivity contribution is -0.137. The summed E-state index contributed by atoms with van der Waals surface area (Å²) in [4.78, 5) is 12.5. The largest absolute Gasteiger partial charge is 0.497 e. The predicted octanol–water partition coefficient (Wildman–Crippen LogP) is 4.49. The van der Waals surface area contributed by atoms with Crippen LogP contribution in [0, 0.1) is 22.7 Å². The molecule has 1 spiro atoms. The second kappa shape index (κ2) is 6.80. The Morgan fingerprint density at radius 2 is 2.04 bits per heavy atom. The zero-order valence-electron chi connectivity index (χ0n) is 17.1. The number of benzene rings is 1. The van der Waals surface area contributed by atoms with Gasteiger partial charge in [-0.05, 0) is 66.0 Å². The number of carbonyl (C=O) groups excluding carboxylic acids is 1. The van der Waals surface area contributed by atoms with Crippen LogP contribution in [0.25, 0.3) is 0 Å². The first-order chi connectivity index (χ1) is 12.9. The van der Waals surface area contributed by atoms with Gasteiger partial charge in [0.15, 0.2) is 0 Å². The number of hydrogen-bond acceptors (Lipinski definition) is 3. The van der Waals surface area contributed by atoms with Gasteiger partial charge in [-0.3, -0.25) is 4.79 Å². The third kappa shape index (κ3) is 2.88. The van der Waals surface area contributed by atoms with E-state index in [1.807, 2.05) is 12.1 Å². The van der Waals surface area contributed by atoms with Crippen molar-refractivity contribution >= 4 is 5.91 Å². The molecule has 4 heteroatoms. The smallest absolute Gasteiger partial charge is 0.220 e. The number of fused-ring (bicyclic) bond motifs is 1. The Bertz CT molecular complexity index is 698. The second-order valence-electron chi connectivity index (χ2n) is 9.36. The molecule has 1 aliphatic heterocycles. The molecular formula is C23H33NO3. The Balaban J connectivity index is 1.64. The Morgan fingerprint density at radius 1 is 1.30 bits per heavy atom. The summed E-state index contributed by atoms with van der Waals surface area (Å²) in [5.41, 5.74) is 1.56. The lowest BCUT2D eigenvalue weighted by Gasteiger charge is -2.53. The molecule has 5 atom stereocenters. The van der Waals surface area contributed by atoms with E-state index in [0.29, 0.717) is 18.3 Å². The number of amides is 1. The molecule has 3 aliphatic rings. The van der Waals surface area contributed by atoms with Crippen LogP contribution in [0.3, 0.4) is 0 Å². The highest BCUT2D eigenvalue weighted by molar-refractivity contribution is 5.76. The monoisotopic (exact) mass is 371 g/mol. The second-order valence-corrected chi connectivity index (χ2v) is 9.36. The van der Waals surface area contributed by atoms with Crippen molar-refractivity contribution in [2.24, 2.45) is 22.7 Å². The van der Waals surface area contributed by atoms with Crippen LogP contribution in [0.1, 0.15) is 64.5 Å². The average Bonchev–Trinajstić information content (AvgIpc) is 3.15. The molecule has 2 bridgehead atoms. The van der Waals surface area contributed by atoms with Crippen molar-refractivity contribution in [3.8, 4) is 5.75 Å². The fourth-order valence-electron chi connectivity index (χ4n) is 6.37. The third-order valence-corrected chi connectivity index (χ3v) is 7.73. The normalized spacial score (nSPS) is 36.3. The SMILES string of the molecule is CCCC(=O)N[C@@H]1C(C)(C)[C@@H]2C[C@@H]3[C@@H](c4ccc(OC)cc4)OCCC31C2. The van der Waals surface area contributed by atoms with Gasteiger partial charge in [0.05, 0.1) is 13.2 Å². The topological polar surface area (TPSA) is 47.6 Å². The molecule has 3 fully saturated rings. The van der Waals surface area contributed by atoms with E-state index in [4.69, 9.17) is 9.47 Å². The number of methoxy groups -OCH3 is 1. The molecule has 1 unspecified atom stereocenters. The van der Waals surface area contributed by atoms with Crippen molar-refractivity contribution in [2.75, 3.05) is 13.7 Å². The van der Waals surface area contributed by atoms with Crippen LogP contribution in [-0.4, -0.2) is 25.7 Å². The highest BCUT2D eigenvalue weighted by Gasteiger charge is 2.68. The number of carbonyl (C=O) groups is 1. The van der Waals surface area contributed by atoms with E-state index in [1.165, 1.54) is 18.4 Å². The van der Waals surface area contributed by atoms with Crippen LogP contribution < -0.4 is 10.1 Å². The number of ether oxygens (including phenoxy) is 2. The van der Waals surface area contributed by atoms with Crippen molar-refractivity contribution in [3.63, 3.8) is 0 Å². The van der Waals surface area contributed by atoms with E-state index >= 15 is 0 Å². The Labute approximate surface area is 163 Å². The summed E-state index contributed by atoms with van der Waals surface area (Å²) in [6, 6.07) is 8.58. The molecule has 0 radical (unpaired) electrons. The van der Waals surface area contributed by atoms with Crippen LogP contribution in [-0.2, 0) is 9.53 Å². The van der Waals surface area contributed by atoms with Crippen molar-refractivity contribution in [2.45, 2.75) is 65.0 Å². The van der Waals surface area contributed by atoms with Gasteiger partial charge in [-0.15, -0.1) is 0 Å². The highest BCUT2D eigenvalue weighted by Crippen LogP contribution is 2.70. The highest BCUT2D eigenvalue weighted by atomic mass is 16.5. The van der Waals surface area contributed by atoms with Gasteiger partial charge in [0.2, 0.25) is 5.91 Å². The lowest BCUT2D eigenvalue weighted by atomic mass is 9.59. The average molecular weight is 372 g/mol. The first-order valence-electron chi connectivity index (χ1n) is 10.5. The maximum absolute atomic E-state index is 12.5. The molecule has 1 aromatic rings. The van der Waals surface area contributed by atoms with E-state index < -0.39 is 0 Å². The van der Waals surface area contributed by atoms with Gasteiger partial charge in [0.1, 0.15) is 5.75 Å². The predicted molar refractivity (Wildman–Crippen MR) is 106 cm³/mol. The zero-order chi connectivity index (χ0) is 19.2. The standard InChI is InChI=1S/C23H33NO3/c1-5-6-19(25)24-21-22(2,3)16-13-18-20(27-12-11-23(18,21)14-16)15-7-9-17(26-4)10-8-15/h7-10,16,18,20-21H,5-6,11-14H2,1-4H3,(H,24,25)/t16-,18-,20-,21-,23?/m1/s1. The molecule has 1 aromatic carbocycles. The molecule has 27 heavy (non-hydrogen) atoms. The van der Waals surface area contributed by atoms with Crippen molar-refractivity contribution in [1.29, 1.82) is 0 Å². The molecule has 1 amide bonds. The fourth-order valence-corrected chi connectivity index (χ4v) is 6.37. The maximum atomic E-state index is 12.5. The van der Waals surface area contributed by atoms with E-state index in [9.17, 15) is 4.79 Å². The summed E-state index contributed by atoms with van der Waals surface area (Å²) >= 11 is 0. The van der Waals surface area contributed by atoms with E-state index in [2.05, 4.69) is 38.2 Å². The van der Waals surface area contributed by atoms with E-state index in [-0.39, 0.29) is 28.9 Å². The molecule has 2 aliphatic carbocycles. The van der Waals surface area contributed by atoms with Gasteiger partial charge in [0.25, 0.3) is 0 Å². The summed E-state index contributed by atoms with van der Waals surface area (Å²) < 4.78 is 11.6. The van der Waals surface area contributed by atoms with Gasteiger partial charge >= 0.3 is 0 Å². The molecule has 4 rings (SSSR count). The molecule has 4 nitrogen and oxygen atoms in total. The number of rotatable bonds is 5. The molecule has 2 saturated carbocycles. The number of hydrogen-bond donors (Lipinski definition) is 1. The lowest BCUT2D eigenvalue weighted by Crippen LogP contribution is -2.58. The first kappa shape index (κ1) is 18.8. The minimum atomic E-state index is 0.122. The Kier molecular flexibility index (Phi) is 4.74. The summed E-state index contributed by atoms with van der Waals surface area (Å²) in [6.45, 7) is 7.56. The molecule has 1 saturated heterocycles. The minimum absolute atomic E-state index is 0.122. The van der Waals surface area contributed by atoms with Crippen molar-refractivity contribution in [3.05, 3.63) is 29.8 Å². The molecule has 1 N–H and O–H groups in total. The van der Waals surface area contributed by atoms with Crippen LogP contribution in [0.5, 0.6) is 5.75 Å². The summed E-state index contributed by atoms with van der Waals surface area (Å²) in [5, 5.41) is 3.47. The third-order valence-electron chi connectivity index (χ3n) is 7.73. The van der Waals surface area contributed by atoms with E-state index in [1.54, 1.807) is 7.11 Å². The Morgan fingerprint density at radius 3 is 2.70 bits per heavy atom. The molecule has 148 valence electrons. The first-order valence-corrected chi connectivity index (χ1v) is 10.5.